The van der Waals surface area contributed by atoms with Crippen LogP contribution in [0.4, 0.5) is 0 Å². The smallest absolute Gasteiger partial charge is 0.0619 e. The summed E-state index contributed by atoms with van der Waals surface area (Å²) in [5.74, 6) is 0. The molecule has 2 nitrogen and oxygen atoms in total. The summed E-state index contributed by atoms with van der Waals surface area (Å²) in [5, 5.41) is 3.56. The topological polar surface area (TPSA) is 21.3 Å². The van der Waals surface area contributed by atoms with Crippen LogP contribution in [-0.4, -0.2) is 19.3 Å². The van der Waals surface area contributed by atoms with Gasteiger partial charge in [0.1, 0.15) is 0 Å². The molecular weight excluding hydrogens is 206 g/mol. The van der Waals surface area contributed by atoms with Crippen molar-refractivity contribution in [1.29, 1.82) is 0 Å². The molecule has 0 aliphatic carbocycles. The zero-order valence-corrected chi connectivity index (χ0v) is 10.1. The van der Waals surface area contributed by atoms with Crippen molar-refractivity contribution in [2.45, 2.75) is 38.8 Å². The maximum absolute atomic E-state index is 5.44. The molecule has 0 radical (unpaired) electrons. The van der Waals surface area contributed by atoms with Crippen LogP contribution in [0, 0.1) is 0 Å². The van der Waals surface area contributed by atoms with Gasteiger partial charge in [-0.15, -0.1) is 11.3 Å². The van der Waals surface area contributed by atoms with Gasteiger partial charge in [-0.05, 0) is 31.4 Å². The van der Waals surface area contributed by atoms with Crippen LogP contribution in [0.15, 0.2) is 12.1 Å². The van der Waals surface area contributed by atoms with Gasteiger partial charge in [-0.25, -0.2) is 0 Å². The third-order valence-electron chi connectivity index (χ3n) is 2.79. The van der Waals surface area contributed by atoms with Crippen molar-refractivity contribution < 1.29 is 4.74 Å². The molecule has 2 rings (SSSR count). The highest BCUT2D eigenvalue weighted by molar-refractivity contribution is 7.11. The van der Waals surface area contributed by atoms with E-state index in [1.165, 1.54) is 22.6 Å². The number of hydrogen-bond acceptors (Lipinski definition) is 3. The van der Waals surface area contributed by atoms with E-state index in [0.29, 0.717) is 6.04 Å². The molecule has 3 heteroatoms. The zero-order valence-electron chi connectivity index (χ0n) is 9.29. The molecule has 1 aromatic heterocycles. The Morgan fingerprint density at radius 3 is 3.00 bits per heavy atom. The van der Waals surface area contributed by atoms with Crippen LogP contribution in [0.1, 0.15) is 29.5 Å². The highest BCUT2D eigenvalue weighted by Gasteiger charge is 2.12. The summed E-state index contributed by atoms with van der Waals surface area (Å²) < 4.78 is 5.44. The lowest BCUT2D eigenvalue weighted by Gasteiger charge is -2.22. The van der Waals surface area contributed by atoms with Gasteiger partial charge in [0.05, 0.1) is 6.61 Å². The predicted molar refractivity (Wildman–Crippen MR) is 64.4 cm³/mol. The lowest BCUT2D eigenvalue weighted by molar-refractivity contribution is 0.0700. The third kappa shape index (κ3) is 3.30. The van der Waals surface area contributed by atoms with E-state index < -0.39 is 0 Å². The van der Waals surface area contributed by atoms with Crippen molar-refractivity contribution in [3.8, 4) is 0 Å². The molecule has 1 aliphatic rings. The average molecular weight is 225 g/mol. The Kier molecular flexibility index (Phi) is 4.18. The first kappa shape index (κ1) is 11.1. The number of hydrogen-bond donors (Lipinski definition) is 1. The van der Waals surface area contributed by atoms with Gasteiger partial charge in [0.15, 0.2) is 0 Å². The van der Waals surface area contributed by atoms with E-state index >= 15 is 0 Å². The molecule has 1 saturated heterocycles. The Morgan fingerprint density at radius 2 is 2.33 bits per heavy atom. The molecular formula is C12H19NOS. The normalized spacial score (nSPS) is 21.8. The van der Waals surface area contributed by atoms with Gasteiger partial charge in [0, 0.05) is 28.9 Å². The second-order valence-corrected chi connectivity index (χ2v) is 5.27. The molecule has 1 atom stereocenters. The molecule has 2 heterocycles. The number of aryl methyl sites for hydroxylation is 1. The summed E-state index contributed by atoms with van der Waals surface area (Å²) in [6.07, 6.45) is 3.60. The Hall–Kier alpha value is -0.380. The Labute approximate surface area is 95.6 Å². The van der Waals surface area contributed by atoms with Crippen molar-refractivity contribution >= 4 is 11.3 Å². The first-order chi connectivity index (χ1) is 7.38. The Morgan fingerprint density at radius 1 is 1.47 bits per heavy atom. The Bertz CT molecular complexity index is 292. The van der Waals surface area contributed by atoms with E-state index in [2.05, 4.69) is 24.4 Å². The summed E-state index contributed by atoms with van der Waals surface area (Å²) >= 11 is 1.92. The van der Waals surface area contributed by atoms with E-state index in [1.54, 1.807) is 0 Å². The van der Waals surface area contributed by atoms with Crippen LogP contribution in [-0.2, 0) is 17.7 Å². The first-order valence-electron chi connectivity index (χ1n) is 5.77. The van der Waals surface area contributed by atoms with Crippen LogP contribution in [0.25, 0.3) is 0 Å². The second kappa shape index (κ2) is 5.64. The maximum atomic E-state index is 5.44. The van der Waals surface area contributed by atoms with Crippen molar-refractivity contribution in [3.05, 3.63) is 21.9 Å². The van der Waals surface area contributed by atoms with Gasteiger partial charge >= 0.3 is 0 Å². The van der Waals surface area contributed by atoms with Crippen LogP contribution >= 0.6 is 11.3 Å². The predicted octanol–water partition coefficient (Wildman–Crippen LogP) is 2.58. The molecule has 1 fully saturated rings. The van der Waals surface area contributed by atoms with E-state index in [4.69, 9.17) is 4.74 Å². The van der Waals surface area contributed by atoms with Gasteiger partial charge in [0.25, 0.3) is 0 Å². The van der Waals surface area contributed by atoms with Gasteiger partial charge in [-0.2, -0.15) is 0 Å². The average Bonchev–Trinajstić information content (AvgIpc) is 2.76. The third-order valence-corrected chi connectivity index (χ3v) is 4.02. The van der Waals surface area contributed by atoms with Crippen molar-refractivity contribution in [2.75, 3.05) is 13.2 Å². The van der Waals surface area contributed by atoms with Crippen molar-refractivity contribution in [1.82, 2.24) is 5.32 Å². The first-order valence-corrected chi connectivity index (χ1v) is 6.59. The summed E-state index contributed by atoms with van der Waals surface area (Å²) in [6.45, 7) is 5.03. The zero-order chi connectivity index (χ0) is 10.5. The van der Waals surface area contributed by atoms with Crippen LogP contribution < -0.4 is 5.32 Å². The summed E-state index contributed by atoms with van der Waals surface area (Å²) in [4.78, 5) is 2.92. The summed E-state index contributed by atoms with van der Waals surface area (Å²) in [5.41, 5.74) is 0. The number of thiophene rings is 1. The van der Waals surface area contributed by atoms with Gasteiger partial charge in [-0.3, -0.25) is 0 Å². The molecule has 0 bridgehead atoms. The molecule has 1 aliphatic heterocycles. The number of ether oxygens (including phenoxy) is 1. The van der Waals surface area contributed by atoms with E-state index in [9.17, 15) is 0 Å². The minimum absolute atomic E-state index is 0.561. The van der Waals surface area contributed by atoms with Crippen LogP contribution in [0.5, 0.6) is 0 Å². The van der Waals surface area contributed by atoms with Crippen molar-refractivity contribution in [2.24, 2.45) is 0 Å². The highest BCUT2D eigenvalue weighted by atomic mass is 32.1. The molecule has 84 valence electrons. The molecule has 0 saturated carbocycles. The quantitative estimate of drug-likeness (QED) is 0.850. The van der Waals surface area contributed by atoms with E-state index in [-0.39, 0.29) is 0 Å². The number of rotatable bonds is 4. The fourth-order valence-electron chi connectivity index (χ4n) is 1.85. The van der Waals surface area contributed by atoms with Gasteiger partial charge in [-0.1, -0.05) is 6.92 Å². The molecule has 1 unspecified atom stereocenters. The van der Waals surface area contributed by atoms with Gasteiger partial charge < -0.3 is 10.1 Å². The second-order valence-electron chi connectivity index (χ2n) is 4.02. The van der Waals surface area contributed by atoms with Gasteiger partial charge in [0.2, 0.25) is 0 Å². The monoisotopic (exact) mass is 225 g/mol. The minimum atomic E-state index is 0.561. The standard InChI is InChI=1S/C12H19NOS/c1-2-11-5-6-12(15-11)8-13-10-4-3-7-14-9-10/h5-6,10,13H,2-4,7-9H2,1H3. The Balaban J connectivity index is 1.76. The summed E-state index contributed by atoms with van der Waals surface area (Å²) in [6, 6.07) is 5.03. The summed E-state index contributed by atoms with van der Waals surface area (Å²) in [7, 11) is 0. The molecule has 15 heavy (non-hydrogen) atoms. The highest BCUT2D eigenvalue weighted by Crippen LogP contribution is 2.17. The van der Waals surface area contributed by atoms with Crippen LogP contribution in [0.2, 0.25) is 0 Å². The molecule has 1 aromatic rings. The maximum Gasteiger partial charge on any atom is 0.0619 e. The van der Waals surface area contributed by atoms with E-state index in [1.807, 2.05) is 11.3 Å². The SMILES string of the molecule is CCc1ccc(CNC2CCCOC2)s1. The molecule has 0 amide bonds. The molecule has 0 spiro atoms. The fourth-order valence-corrected chi connectivity index (χ4v) is 2.76. The van der Waals surface area contributed by atoms with Crippen molar-refractivity contribution in [3.63, 3.8) is 0 Å². The van der Waals surface area contributed by atoms with E-state index in [0.717, 1.165) is 26.2 Å². The minimum Gasteiger partial charge on any atom is -0.380 e. The number of nitrogens with one attached hydrogen (secondary N) is 1. The fraction of sp³-hybridized carbons (Fsp3) is 0.667. The largest absolute Gasteiger partial charge is 0.380 e. The molecule has 1 N–H and O–H groups in total. The molecule has 0 aromatic carbocycles. The lowest BCUT2D eigenvalue weighted by atomic mass is 10.1. The lowest BCUT2D eigenvalue weighted by Crippen LogP contribution is -2.36. The van der Waals surface area contributed by atoms with Crippen LogP contribution in [0.3, 0.4) is 0 Å².